The lowest BCUT2D eigenvalue weighted by Crippen LogP contribution is -2.40. The number of allylic oxidation sites excluding steroid dienone is 26. The number of rotatable bonds is 48. The van der Waals surface area contributed by atoms with Gasteiger partial charge in [-0.25, -0.2) is 4.79 Å². The third kappa shape index (κ3) is 54.5. The van der Waals surface area contributed by atoms with Crippen LogP contribution in [0.4, 0.5) is 0 Å². The van der Waals surface area contributed by atoms with E-state index in [4.69, 9.17) is 18.9 Å². The molecule has 0 spiro atoms. The molecule has 1 N–H and O–H groups in total. The Kier molecular flexibility index (Phi) is 49.5. The number of quaternary nitrogens is 1. The van der Waals surface area contributed by atoms with E-state index in [-0.39, 0.29) is 38.6 Å². The largest absolute Gasteiger partial charge is 0.477 e. The molecule has 2 unspecified atom stereocenters. The van der Waals surface area contributed by atoms with Gasteiger partial charge in [-0.2, -0.15) is 0 Å². The van der Waals surface area contributed by atoms with Crippen LogP contribution in [-0.4, -0.2) is 87.4 Å². The standard InChI is InChI=1S/C64H99NO8/c1-6-8-10-12-14-16-18-20-22-24-26-28-29-30-31-32-33-35-37-39-41-43-45-47-49-51-53-55-62(67)73-60(59-72-64(63(68)69)70-57-56-65(3,4)5)58-71-61(66)54-52-50-48-46-44-42-40-38-36-34-27-25-23-21-19-17-15-13-11-9-7-2/h8-11,14-17,20-23,26-28,30-31,33-35,38-41,45,47,60,64H,6-7,12-13,18-19,24-25,29,32,36-37,42-44,46,48-59H2,1-5H3/p+1/b10-8-,11-9-,16-14-,17-15-,22-20-,23-21-,28-26-,31-30-,34-27-,35-33-,40-38-,41-39-,47-45-. The van der Waals surface area contributed by atoms with Crippen LogP contribution in [0.25, 0.3) is 0 Å². The Hall–Kier alpha value is -5.09. The molecule has 0 aromatic rings. The molecule has 73 heavy (non-hydrogen) atoms. The SMILES string of the molecule is CC/C=C\C/C=C\C/C=C\C/C=C\C/C=C\C/C=C\C/C=C\C/C=C\CCCCC(=O)OC(COC(=O)CCCCCCC/C=C\C/C=C\C/C=C\C/C=C\C/C=C\CC)COC(OCC[N+](C)(C)C)C(=O)O. The molecule has 0 radical (unpaired) electrons. The molecule has 0 bridgehead atoms. The Labute approximate surface area is 444 Å². The first-order valence-corrected chi connectivity index (χ1v) is 27.6. The third-order valence-electron chi connectivity index (χ3n) is 10.8. The average Bonchev–Trinajstić information content (AvgIpc) is 3.36. The van der Waals surface area contributed by atoms with Gasteiger partial charge in [0.25, 0.3) is 6.29 Å². The monoisotopic (exact) mass is 1010 g/mol. The molecular formula is C64H100NO8+. The van der Waals surface area contributed by atoms with E-state index in [1.54, 1.807) is 0 Å². The highest BCUT2D eigenvalue weighted by atomic mass is 16.7. The summed E-state index contributed by atoms with van der Waals surface area (Å²) in [4.78, 5) is 37.4. The summed E-state index contributed by atoms with van der Waals surface area (Å²) in [5, 5.41) is 9.69. The van der Waals surface area contributed by atoms with Crippen molar-refractivity contribution in [2.24, 2.45) is 0 Å². The Morgan fingerprint density at radius 1 is 0.411 bits per heavy atom. The van der Waals surface area contributed by atoms with Crippen molar-refractivity contribution >= 4 is 17.9 Å². The molecule has 9 heteroatoms. The molecule has 0 aliphatic carbocycles. The Bertz CT molecular complexity index is 1750. The molecule has 0 rings (SSSR count). The second-order valence-electron chi connectivity index (χ2n) is 18.8. The third-order valence-corrected chi connectivity index (χ3v) is 10.8. The van der Waals surface area contributed by atoms with Crippen molar-refractivity contribution in [2.75, 3.05) is 47.5 Å². The first kappa shape index (κ1) is 67.9. The van der Waals surface area contributed by atoms with E-state index < -0.39 is 24.3 Å². The molecule has 0 saturated carbocycles. The van der Waals surface area contributed by atoms with Gasteiger partial charge in [0, 0.05) is 12.8 Å². The predicted octanol–water partition coefficient (Wildman–Crippen LogP) is 16.2. The molecule has 0 aliphatic rings. The molecule has 0 fully saturated rings. The van der Waals surface area contributed by atoms with Crippen molar-refractivity contribution in [3.8, 4) is 0 Å². The fraction of sp³-hybridized carbons (Fsp3) is 0.547. The van der Waals surface area contributed by atoms with Crippen molar-refractivity contribution in [2.45, 2.75) is 180 Å². The smallest absolute Gasteiger partial charge is 0.361 e. The van der Waals surface area contributed by atoms with E-state index in [1.807, 2.05) is 21.1 Å². The minimum Gasteiger partial charge on any atom is -0.477 e. The fourth-order valence-corrected chi connectivity index (χ4v) is 6.58. The highest BCUT2D eigenvalue weighted by Crippen LogP contribution is 2.11. The van der Waals surface area contributed by atoms with E-state index in [0.717, 1.165) is 128 Å². The second-order valence-corrected chi connectivity index (χ2v) is 18.8. The van der Waals surface area contributed by atoms with Crippen molar-refractivity contribution in [3.63, 3.8) is 0 Å². The number of esters is 2. The maximum Gasteiger partial charge on any atom is 0.361 e. The molecule has 2 atom stereocenters. The first-order chi connectivity index (χ1) is 35.6. The molecular weight excluding hydrogens is 911 g/mol. The lowest BCUT2D eigenvalue weighted by atomic mass is 10.1. The first-order valence-electron chi connectivity index (χ1n) is 27.6. The quantitative estimate of drug-likeness (QED) is 0.0211. The van der Waals surface area contributed by atoms with Crippen LogP contribution in [0.2, 0.25) is 0 Å². The summed E-state index contributed by atoms with van der Waals surface area (Å²) in [6, 6.07) is 0. The van der Waals surface area contributed by atoms with Crippen LogP contribution < -0.4 is 0 Å². The van der Waals surface area contributed by atoms with Gasteiger partial charge in [-0.1, -0.05) is 191 Å². The zero-order valence-corrected chi connectivity index (χ0v) is 46.2. The number of likely N-dealkylation sites (N-methyl/N-ethyl adjacent to an activating group) is 1. The highest BCUT2D eigenvalue weighted by molar-refractivity contribution is 5.71. The van der Waals surface area contributed by atoms with Gasteiger partial charge in [-0.3, -0.25) is 9.59 Å². The minimum atomic E-state index is -1.54. The normalized spacial score (nSPS) is 14.0. The number of unbranched alkanes of at least 4 members (excludes halogenated alkanes) is 7. The van der Waals surface area contributed by atoms with Crippen LogP contribution in [0.15, 0.2) is 158 Å². The summed E-state index contributed by atoms with van der Waals surface area (Å²) in [6.45, 7) is 4.53. The average molecular weight is 1010 g/mol. The number of nitrogens with zero attached hydrogens (tertiary/aromatic N) is 1. The van der Waals surface area contributed by atoms with Crippen molar-refractivity contribution < 1.29 is 42.9 Å². The van der Waals surface area contributed by atoms with Crippen LogP contribution in [0, 0.1) is 0 Å². The number of carbonyl (C=O) groups excluding carboxylic acids is 2. The van der Waals surface area contributed by atoms with Gasteiger partial charge in [0.2, 0.25) is 0 Å². The van der Waals surface area contributed by atoms with E-state index in [9.17, 15) is 19.5 Å². The van der Waals surface area contributed by atoms with Gasteiger partial charge in [0.05, 0.1) is 34.4 Å². The number of carboxylic acid groups (broad SMARTS) is 1. The summed E-state index contributed by atoms with van der Waals surface area (Å²) in [6.07, 6.45) is 76.0. The summed E-state index contributed by atoms with van der Waals surface area (Å²) in [5.41, 5.74) is 0. The van der Waals surface area contributed by atoms with Gasteiger partial charge >= 0.3 is 17.9 Å². The number of hydrogen-bond acceptors (Lipinski definition) is 7. The summed E-state index contributed by atoms with van der Waals surface area (Å²) < 4.78 is 22.8. The van der Waals surface area contributed by atoms with E-state index in [1.165, 1.54) is 0 Å². The van der Waals surface area contributed by atoms with Gasteiger partial charge < -0.3 is 28.5 Å². The summed E-state index contributed by atoms with van der Waals surface area (Å²) >= 11 is 0. The van der Waals surface area contributed by atoms with Crippen LogP contribution >= 0.6 is 0 Å². The second kappa shape index (κ2) is 53.2. The van der Waals surface area contributed by atoms with Crippen LogP contribution in [0.1, 0.15) is 168 Å². The van der Waals surface area contributed by atoms with Crippen LogP contribution in [0.3, 0.4) is 0 Å². The molecule has 408 valence electrons. The molecule has 0 aliphatic heterocycles. The lowest BCUT2D eigenvalue weighted by Gasteiger charge is -2.25. The fourth-order valence-electron chi connectivity index (χ4n) is 6.58. The van der Waals surface area contributed by atoms with Gasteiger partial charge in [0.15, 0.2) is 6.10 Å². The Morgan fingerprint density at radius 3 is 1.12 bits per heavy atom. The molecule has 0 aromatic heterocycles. The van der Waals surface area contributed by atoms with Crippen molar-refractivity contribution in [1.29, 1.82) is 0 Å². The van der Waals surface area contributed by atoms with Crippen LogP contribution in [-0.2, 0) is 33.3 Å². The topological polar surface area (TPSA) is 108 Å². The van der Waals surface area contributed by atoms with Crippen molar-refractivity contribution in [1.82, 2.24) is 0 Å². The van der Waals surface area contributed by atoms with Crippen LogP contribution in [0.5, 0.6) is 0 Å². The zero-order valence-electron chi connectivity index (χ0n) is 46.2. The highest BCUT2D eigenvalue weighted by Gasteiger charge is 2.25. The van der Waals surface area contributed by atoms with Gasteiger partial charge in [-0.15, -0.1) is 0 Å². The maximum absolute atomic E-state index is 12.9. The lowest BCUT2D eigenvalue weighted by molar-refractivity contribution is -0.870. The van der Waals surface area contributed by atoms with E-state index in [0.29, 0.717) is 23.9 Å². The van der Waals surface area contributed by atoms with E-state index in [2.05, 4.69) is 172 Å². The number of ether oxygens (including phenoxy) is 4. The maximum atomic E-state index is 12.9. The Morgan fingerprint density at radius 2 is 0.740 bits per heavy atom. The number of carboxylic acids is 1. The molecule has 9 nitrogen and oxygen atoms in total. The van der Waals surface area contributed by atoms with Gasteiger partial charge in [0.1, 0.15) is 13.2 Å². The number of hydrogen-bond donors (Lipinski definition) is 1. The number of aliphatic carboxylic acids is 1. The van der Waals surface area contributed by atoms with E-state index >= 15 is 0 Å². The minimum absolute atomic E-state index is 0.165. The number of carbonyl (C=O) groups is 3. The molecule has 0 aromatic carbocycles. The molecule has 0 heterocycles. The molecule has 0 amide bonds. The zero-order chi connectivity index (χ0) is 53.4. The Balaban J connectivity index is 4.48. The summed E-state index contributed by atoms with van der Waals surface area (Å²) in [5.74, 6) is -2.12. The predicted molar refractivity (Wildman–Crippen MR) is 308 cm³/mol. The van der Waals surface area contributed by atoms with Crippen molar-refractivity contribution in [3.05, 3.63) is 158 Å². The molecule has 0 saturated heterocycles. The summed E-state index contributed by atoms with van der Waals surface area (Å²) in [7, 11) is 5.93. The van der Waals surface area contributed by atoms with Gasteiger partial charge in [-0.05, 0) is 122 Å².